The van der Waals surface area contributed by atoms with Crippen LogP contribution in [0.5, 0.6) is 0 Å². The van der Waals surface area contributed by atoms with Crippen molar-refractivity contribution in [1.29, 1.82) is 0 Å². The summed E-state index contributed by atoms with van der Waals surface area (Å²) >= 11 is 2.83. The van der Waals surface area contributed by atoms with Crippen LogP contribution in [0, 0.1) is 0 Å². The van der Waals surface area contributed by atoms with Gasteiger partial charge < -0.3 is 9.64 Å². The lowest BCUT2D eigenvalue weighted by molar-refractivity contribution is -0.136. The van der Waals surface area contributed by atoms with E-state index in [1.807, 2.05) is 66.8 Å². The second kappa shape index (κ2) is 8.04. The van der Waals surface area contributed by atoms with Crippen LogP contribution in [0.15, 0.2) is 62.8 Å². The minimum Gasteiger partial charge on any atom is -0.466 e. The van der Waals surface area contributed by atoms with Crippen molar-refractivity contribution < 1.29 is 9.53 Å². The highest BCUT2D eigenvalue weighted by atomic mass is 32.1. The third-order valence-electron chi connectivity index (χ3n) is 4.95. The van der Waals surface area contributed by atoms with Crippen molar-refractivity contribution in [3.05, 3.63) is 83.2 Å². The van der Waals surface area contributed by atoms with Crippen LogP contribution in [0.25, 0.3) is 6.08 Å². The molecule has 3 heterocycles. The Bertz CT molecular complexity index is 1300. The molecule has 1 aliphatic rings. The zero-order chi connectivity index (χ0) is 21.4. The van der Waals surface area contributed by atoms with E-state index < -0.39 is 12.0 Å². The van der Waals surface area contributed by atoms with Crippen LogP contribution in [-0.4, -0.2) is 31.7 Å². The van der Waals surface area contributed by atoms with Crippen molar-refractivity contribution in [3.8, 4) is 0 Å². The number of hydrogen-bond acceptors (Lipinski definition) is 7. The van der Waals surface area contributed by atoms with E-state index in [0.717, 1.165) is 16.1 Å². The van der Waals surface area contributed by atoms with Gasteiger partial charge in [0.2, 0.25) is 0 Å². The molecule has 0 aliphatic carbocycles. The molecule has 0 radical (unpaired) electrons. The molecule has 0 spiro atoms. The van der Waals surface area contributed by atoms with Crippen LogP contribution in [0.3, 0.4) is 0 Å². The fourth-order valence-corrected chi connectivity index (χ4v) is 5.30. The molecule has 1 aromatic carbocycles. The molecule has 0 bridgehead atoms. The number of esters is 1. The van der Waals surface area contributed by atoms with Gasteiger partial charge in [0.1, 0.15) is 6.04 Å². The van der Waals surface area contributed by atoms with Crippen LogP contribution in [-0.2, 0) is 9.53 Å². The standard InChI is InChI=1S/C22H21N3O3S2/c1-13-18(21(27)28-4)19(16-6-5-11-29-16)25-20(26)17(30-22(25)23-13)12-14-7-9-15(10-8-14)24(2)3/h5-12,19H,1-4H3/t19-/m0/s1. The third kappa shape index (κ3) is 3.53. The Labute approximate surface area is 181 Å². The zero-order valence-corrected chi connectivity index (χ0v) is 18.7. The minimum atomic E-state index is -0.535. The van der Waals surface area contributed by atoms with Crippen molar-refractivity contribution in [3.63, 3.8) is 0 Å². The van der Waals surface area contributed by atoms with Crippen LogP contribution >= 0.6 is 22.7 Å². The summed E-state index contributed by atoms with van der Waals surface area (Å²) in [5.74, 6) is -0.469. The smallest absolute Gasteiger partial charge is 0.338 e. The second-order valence-corrected chi connectivity index (χ2v) is 9.06. The number of aromatic nitrogens is 1. The molecule has 0 fully saturated rings. The first-order chi connectivity index (χ1) is 14.4. The lowest BCUT2D eigenvalue weighted by atomic mass is 10.0. The monoisotopic (exact) mass is 439 g/mol. The number of carbonyl (C=O) groups is 1. The number of anilines is 1. The number of rotatable bonds is 4. The molecule has 30 heavy (non-hydrogen) atoms. The summed E-state index contributed by atoms with van der Waals surface area (Å²) in [6.45, 7) is 1.78. The van der Waals surface area contributed by atoms with Gasteiger partial charge in [0.25, 0.3) is 5.56 Å². The van der Waals surface area contributed by atoms with E-state index in [1.54, 1.807) is 11.5 Å². The highest BCUT2D eigenvalue weighted by molar-refractivity contribution is 7.10. The van der Waals surface area contributed by atoms with Gasteiger partial charge in [0.15, 0.2) is 4.80 Å². The lowest BCUT2D eigenvalue weighted by Gasteiger charge is -2.22. The SMILES string of the molecule is COC(=O)C1=C(C)N=c2sc(=Cc3ccc(N(C)C)cc3)c(=O)n2[C@H]1c1cccs1. The molecular formula is C22H21N3O3S2. The molecule has 3 aromatic rings. The molecule has 1 aliphatic heterocycles. The maximum absolute atomic E-state index is 13.4. The lowest BCUT2D eigenvalue weighted by Crippen LogP contribution is -2.39. The zero-order valence-electron chi connectivity index (χ0n) is 17.1. The Balaban J connectivity index is 1.89. The number of thiophene rings is 1. The van der Waals surface area contributed by atoms with Gasteiger partial charge in [-0.05, 0) is 42.1 Å². The average Bonchev–Trinajstić information content (AvgIpc) is 3.36. The van der Waals surface area contributed by atoms with E-state index in [4.69, 9.17) is 4.74 Å². The van der Waals surface area contributed by atoms with Crippen molar-refractivity contribution >= 4 is 40.4 Å². The van der Waals surface area contributed by atoms with Gasteiger partial charge in [-0.2, -0.15) is 0 Å². The Morgan fingerprint density at radius 2 is 1.97 bits per heavy atom. The largest absolute Gasteiger partial charge is 0.466 e. The third-order valence-corrected chi connectivity index (χ3v) is 6.85. The molecule has 0 saturated carbocycles. The van der Waals surface area contributed by atoms with Gasteiger partial charge in [-0.25, -0.2) is 9.79 Å². The average molecular weight is 440 g/mol. The normalized spacial score (nSPS) is 16.3. The summed E-state index contributed by atoms with van der Waals surface area (Å²) in [4.78, 5) is 34.0. The first-order valence-corrected chi connectivity index (χ1v) is 11.0. The fourth-order valence-electron chi connectivity index (χ4n) is 3.43. The molecular weight excluding hydrogens is 418 g/mol. The fraction of sp³-hybridized carbons (Fsp3) is 0.227. The summed E-state index contributed by atoms with van der Waals surface area (Å²) in [5.41, 5.74) is 2.83. The van der Waals surface area contributed by atoms with Crippen LogP contribution in [0.1, 0.15) is 23.4 Å². The van der Waals surface area contributed by atoms with Crippen molar-refractivity contribution in [2.24, 2.45) is 4.99 Å². The van der Waals surface area contributed by atoms with Crippen molar-refractivity contribution in [2.75, 3.05) is 26.1 Å². The Morgan fingerprint density at radius 1 is 1.23 bits per heavy atom. The van der Waals surface area contributed by atoms with Gasteiger partial charge in [0, 0.05) is 24.7 Å². The first-order valence-electron chi connectivity index (χ1n) is 9.32. The van der Waals surface area contributed by atoms with Gasteiger partial charge in [-0.3, -0.25) is 9.36 Å². The number of benzene rings is 1. The summed E-state index contributed by atoms with van der Waals surface area (Å²) in [6.07, 6.45) is 1.87. The number of fused-ring (bicyclic) bond motifs is 1. The quantitative estimate of drug-likeness (QED) is 0.586. The molecule has 2 aromatic heterocycles. The van der Waals surface area contributed by atoms with E-state index in [1.165, 1.54) is 29.8 Å². The van der Waals surface area contributed by atoms with Gasteiger partial charge in [-0.15, -0.1) is 11.3 Å². The van der Waals surface area contributed by atoms with Crippen molar-refractivity contribution in [2.45, 2.75) is 13.0 Å². The van der Waals surface area contributed by atoms with E-state index in [-0.39, 0.29) is 5.56 Å². The maximum Gasteiger partial charge on any atom is 0.338 e. The van der Waals surface area contributed by atoms with Gasteiger partial charge >= 0.3 is 5.97 Å². The molecule has 154 valence electrons. The molecule has 8 heteroatoms. The highest BCUT2D eigenvalue weighted by Crippen LogP contribution is 2.32. The predicted molar refractivity (Wildman–Crippen MR) is 121 cm³/mol. The molecule has 6 nitrogen and oxygen atoms in total. The minimum absolute atomic E-state index is 0.164. The second-order valence-electron chi connectivity index (χ2n) is 7.07. The number of allylic oxidation sites excluding steroid dienone is 1. The molecule has 0 N–H and O–H groups in total. The highest BCUT2D eigenvalue weighted by Gasteiger charge is 2.33. The van der Waals surface area contributed by atoms with Crippen LogP contribution in [0.2, 0.25) is 0 Å². The van der Waals surface area contributed by atoms with E-state index >= 15 is 0 Å². The van der Waals surface area contributed by atoms with Crippen LogP contribution in [0.4, 0.5) is 5.69 Å². The Hall–Kier alpha value is -2.97. The molecule has 0 amide bonds. The summed E-state index contributed by atoms with van der Waals surface area (Å²) in [7, 11) is 5.31. The Morgan fingerprint density at radius 3 is 2.57 bits per heavy atom. The Kier molecular flexibility index (Phi) is 5.44. The predicted octanol–water partition coefficient (Wildman–Crippen LogP) is 2.54. The molecule has 0 unspecified atom stereocenters. The van der Waals surface area contributed by atoms with Crippen molar-refractivity contribution in [1.82, 2.24) is 4.57 Å². The molecule has 0 saturated heterocycles. The number of carbonyl (C=O) groups excluding carboxylic acids is 1. The number of hydrogen-bond donors (Lipinski definition) is 0. The number of nitrogens with zero attached hydrogens (tertiary/aromatic N) is 3. The van der Waals surface area contributed by atoms with Crippen LogP contribution < -0.4 is 19.8 Å². The topological polar surface area (TPSA) is 63.9 Å². The number of methoxy groups -OCH3 is 1. The first kappa shape index (κ1) is 20.3. The molecule has 4 rings (SSSR count). The maximum atomic E-state index is 13.4. The van der Waals surface area contributed by atoms with Gasteiger partial charge in [0.05, 0.1) is 22.9 Å². The van der Waals surface area contributed by atoms with E-state index in [0.29, 0.717) is 20.6 Å². The number of thiazole rings is 1. The summed E-state index contributed by atoms with van der Waals surface area (Å²) in [5, 5.41) is 1.93. The van der Waals surface area contributed by atoms with Gasteiger partial charge in [-0.1, -0.05) is 29.5 Å². The number of ether oxygens (including phenoxy) is 1. The summed E-state index contributed by atoms with van der Waals surface area (Å²) < 4.78 is 7.18. The van der Waals surface area contributed by atoms with E-state index in [2.05, 4.69) is 4.99 Å². The summed E-state index contributed by atoms with van der Waals surface area (Å²) in [6, 6.07) is 11.3. The van der Waals surface area contributed by atoms with E-state index in [9.17, 15) is 9.59 Å². The molecule has 1 atom stereocenters.